The van der Waals surface area contributed by atoms with E-state index < -0.39 is 35.4 Å². The second kappa shape index (κ2) is 3.83. The highest BCUT2D eigenvalue weighted by atomic mass is 19.3. The second-order valence-corrected chi connectivity index (χ2v) is 2.66. The molecule has 0 spiro atoms. The molecule has 3 N–H and O–H groups in total. The van der Waals surface area contributed by atoms with Gasteiger partial charge in [0.15, 0.2) is 11.6 Å². The number of halogens is 4. The molecule has 1 rings (SSSR count). The van der Waals surface area contributed by atoms with E-state index in [2.05, 4.69) is 0 Å². The molecule has 6 heteroatoms. The van der Waals surface area contributed by atoms with E-state index in [0.717, 1.165) is 6.07 Å². The van der Waals surface area contributed by atoms with E-state index in [4.69, 9.17) is 10.8 Å². The molecule has 2 nitrogen and oxygen atoms in total. The Morgan fingerprint density at radius 3 is 2.29 bits per heavy atom. The van der Waals surface area contributed by atoms with Crippen molar-refractivity contribution in [1.29, 1.82) is 0 Å². The zero-order chi connectivity index (χ0) is 10.9. The highest BCUT2D eigenvalue weighted by Gasteiger charge is 2.23. The van der Waals surface area contributed by atoms with E-state index in [-0.39, 0.29) is 0 Å². The highest BCUT2D eigenvalue weighted by molar-refractivity contribution is 5.36. The zero-order valence-corrected chi connectivity index (χ0v) is 6.85. The Bertz CT molecular complexity index is 342. The molecule has 0 unspecified atom stereocenters. The molecule has 0 saturated heterocycles. The molecule has 0 bridgehead atoms. The maximum Gasteiger partial charge on any atom is 0.257 e. The number of alkyl halides is 2. The summed E-state index contributed by atoms with van der Waals surface area (Å²) in [5.74, 6) is -4.05. The average molecular weight is 209 g/mol. The highest BCUT2D eigenvalue weighted by Crippen LogP contribution is 2.30. The first kappa shape index (κ1) is 10.8. The van der Waals surface area contributed by atoms with Crippen LogP contribution in [-0.2, 0) is 0 Å². The predicted octanol–water partition coefficient (Wildman–Crippen LogP) is 1.94. The quantitative estimate of drug-likeness (QED) is 0.731. The summed E-state index contributed by atoms with van der Waals surface area (Å²) in [4.78, 5) is 0. The Labute approximate surface area is 77.0 Å². The van der Waals surface area contributed by atoms with Gasteiger partial charge in [-0.1, -0.05) is 6.07 Å². The number of hydrogen-bond acceptors (Lipinski definition) is 2. The van der Waals surface area contributed by atoms with E-state index >= 15 is 0 Å². The molecule has 0 aliphatic rings. The minimum absolute atomic E-state index is 0.515. The van der Waals surface area contributed by atoms with Gasteiger partial charge in [-0.15, -0.1) is 0 Å². The summed E-state index contributed by atoms with van der Waals surface area (Å²) in [5.41, 5.74) is 4.44. The van der Waals surface area contributed by atoms with Gasteiger partial charge in [0.1, 0.15) is 0 Å². The lowest BCUT2D eigenvalue weighted by Crippen LogP contribution is -2.19. The van der Waals surface area contributed by atoms with Crippen molar-refractivity contribution in [1.82, 2.24) is 0 Å². The number of aromatic hydroxyl groups is 1. The minimum atomic E-state index is -2.95. The Morgan fingerprint density at radius 2 is 1.79 bits per heavy atom. The Kier molecular flexibility index (Phi) is 2.95. The van der Waals surface area contributed by atoms with Crippen LogP contribution in [0.15, 0.2) is 12.1 Å². The fourth-order valence-corrected chi connectivity index (χ4v) is 0.960. The Morgan fingerprint density at radius 1 is 1.21 bits per heavy atom. The van der Waals surface area contributed by atoms with Gasteiger partial charge in [-0.05, 0) is 6.07 Å². The van der Waals surface area contributed by atoms with Gasteiger partial charge in [0.05, 0.1) is 6.04 Å². The van der Waals surface area contributed by atoms with E-state index in [9.17, 15) is 17.6 Å². The summed E-state index contributed by atoms with van der Waals surface area (Å²) in [6.07, 6.45) is -2.95. The average Bonchev–Trinajstić information content (AvgIpc) is 2.13. The van der Waals surface area contributed by atoms with Gasteiger partial charge in [-0.25, -0.2) is 13.2 Å². The molecule has 14 heavy (non-hydrogen) atoms. The third kappa shape index (κ3) is 1.79. The van der Waals surface area contributed by atoms with Crippen molar-refractivity contribution in [2.45, 2.75) is 12.5 Å². The first-order valence-corrected chi connectivity index (χ1v) is 3.65. The number of nitrogens with two attached hydrogens (primary N) is 1. The van der Waals surface area contributed by atoms with Crippen LogP contribution in [0.1, 0.15) is 11.6 Å². The van der Waals surface area contributed by atoms with Gasteiger partial charge in [0.2, 0.25) is 5.82 Å². The van der Waals surface area contributed by atoms with E-state index in [1.165, 1.54) is 0 Å². The maximum absolute atomic E-state index is 12.7. The molecule has 0 aromatic heterocycles. The number of phenols is 1. The van der Waals surface area contributed by atoms with Crippen LogP contribution in [-0.4, -0.2) is 11.5 Å². The standard InChI is InChI=1S/C8H7F4NO/c9-4-2-1-3(6(13)8(11)12)7(14)5(4)10/h1-2,6,8,14H,13H2/t6-/m0/s1. The molecule has 0 aliphatic carbocycles. The van der Waals surface area contributed by atoms with Crippen LogP contribution < -0.4 is 5.73 Å². The molecule has 0 saturated carbocycles. The van der Waals surface area contributed by atoms with Crippen LogP contribution >= 0.6 is 0 Å². The van der Waals surface area contributed by atoms with Crippen molar-refractivity contribution in [2.24, 2.45) is 5.73 Å². The number of phenolic OH excluding ortho intramolecular Hbond substituents is 1. The maximum atomic E-state index is 12.7. The van der Waals surface area contributed by atoms with Crippen molar-refractivity contribution in [3.63, 3.8) is 0 Å². The first-order chi connectivity index (χ1) is 6.45. The van der Waals surface area contributed by atoms with Gasteiger partial charge >= 0.3 is 0 Å². The second-order valence-electron chi connectivity index (χ2n) is 2.66. The van der Waals surface area contributed by atoms with Crippen molar-refractivity contribution >= 4 is 0 Å². The molecule has 0 fully saturated rings. The lowest BCUT2D eigenvalue weighted by atomic mass is 10.1. The summed E-state index contributed by atoms with van der Waals surface area (Å²) in [7, 11) is 0. The van der Waals surface area contributed by atoms with Gasteiger partial charge in [0, 0.05) is 5.56 Å². The van der Waals surface area contributed by atoms with E-state index in [1.54, 1.807) is 0 Å². The number of benzene rings is 1. The summed E-state index contributed by atoms with van der Waals surface area (Å²) in [5, 5.41) is 8.97. The van der Waals surface area contributed by atoms with Crippen LogP contribution in [0.3, 0.4) is 0 Å². The summed E-state index contributed by atoms with van der Waals surface area (Å²) < 4.78 is 49.3. The van der Waals surface area contributed by atoms with Crippen LogP contribution in [0.5, 0.6) is 5.75 Å². The third-order valence-corrected chi connectivity index (χ3v) is 1.73. The zero-order valence-electron chi connectivity index (χ0n) is 6.85. The molecular weight excluding hydrogens is 202 g/mol. The van der Waals surface area contributed by atoms with Crippen LogP contribution in [0.25, 0.3) is 0 Å². The minimum Gasteiger partial charge on any atom is -0.505 e. The van der Waals surface area contributed by atoms with Gasteiger partial charge in [-0.2, -0.15) is 4.39 Å². The Hall–Kier alpha value is -1.30. The van der Waals surface area contributed by atoms with E-state index in [0.29, 0.717) is 6.07 Å². The lowest BCUT2D eigenvalue weighted by Gasteiger charge is -2.12. The fraction of sp³-hybridized carbons (Fsp3) is 0.250. The van der Waals surface area contributed by atoms with Crippen molar-refractivity contribution < 1.29 is 22.7 Å². The van der Waals surface area contributed by atoms with Crippen LogP contribution in [0.2, 0.25) is 0 Å². The Balaban J connectivity index is 3.17. The van der Waals surface area contributed by atoms with E-state index in [1.807, 2.05) is 0 Å². The molecule has 1 aromatic carbocycles. The molecule has 0 aliphatic heterocycles. The third-order valence-electron chi connectivity index (χ3n) is 1.73. The topological polar surface area (TPSA) is 46.2 Å². The van der Waals surface area contributed by atoms with Gasteiger partial charge < -0.3 is 10.8 Å². The fourth-order valence-electron chi connectivity index (χ4n) is 0.960. The van der Waals surface area contributed by atoms with Gasteiger partial charge in [0.25, 0.3) is 6.43 Å². The van der Waals surface area contributed by atoms with Crippen molar-refractivity contribution in [2.75, 3.05) is 0 Å². The molecular formula is C8H7F4NO. The first-order valence-electron chi connectivity index (χ1n) is 3.65. The number of hydrogen-bond donors (Lipinski definition) is 2. The molecule has 78 valence electrons. The predicted molar refractivity (Wildman–Crippen MR) is 41.0 cm³/mol. The summed E-state index contributed by atoms with van der Waals surface area (Å²) in [6.45, 7) is 0. The SMILES string of the molecule is N[C@@H](c1ccc(F)c(F)c1O)C(F)F. The van der Waals surface area contributed by atoms with Gasteiger partial charge in [-0.3, -0.25) is 0 Å². The molecule has 1 atom stereocenters. The van der Waals surface area contributed by atoms with Crippen LogP contribution in [0, 0.1) is 11.6 Å². The van der Waals surface area contributed by atoms with Crippen molar-refractivity contribution in [3.05, 3.63) is 29.3 Å². The van der Waals surface area contributed by atoms with Crippen molar-refractivity contribution in [3.8, 4) is 5.75 Å². The largest absolute Gasteiger partial charge is 0.505 e. The smallest absolute Gasteiger partial charge is 0.257 e. The molecule has 0 amide bonds. The van der Waals surface area contributed by atoms with Crippen LogP contribution in [0.4, 0.5) is 17.6 Å². The summed E-state index contributed by atoms with van der Waals surface area (Å²) >= 11 is 0. The lowest BCUT2D eigenvalue weighted by molar-refractivity contribution is 0.115. The summed E-state index contributed by atoms with van der Waals surface area (Å²) in [6, 6.07) is -0.373. The monoisotopic (exact) mass is 209 g/mol. The molecule has 0 heterocycles. The molecule has 1 aromatic rings. The molecule has 0 radical (unpaired) electrons. The number of rotatable bonds is 2. The normalized spacial score (nSPS) is 13.3.